The lowest BCUT2D eigenvalue weighted by atomic mass is 9.93. The molecule has 1 N–H and O–H groups in total. The van der Waals surface area contributed by atoms with E-state index in [4.69, 9.17) is 21.1 Å². The van der Waals surface area contributed by atoms with E-state index in [0.717, 1.165) is 22.2 Å². The Bertz CT molecular complexity index is 1450. The molecule has 5 rings (SSSR count). The van der Waals surface area contributed by atoms with Gasteiger partial charge >= 0.3 is 5.97 Å². The Balaban J connectivity index is 1.31. The SMILES string of the molecule is Cc1cccc2ccc(CC(=O)c3ccc(Oc4cc5c(cc4Cl)C(C(=O)O)CCO5)cc3)nc12. The summed E-state index contributed by atoms with van der Waals surface area (Å²) in [4.78, 5) is 29.0. The van der Waals surface area contributed by atoms with Crippen LogP contribution in [-0.4, -0.2) is 28.4 Å². The summed E-state index contributed by atoms with van der Waals surface area (Å²) < 4.78 is 11.5. The van der Waals surface area contributed by atoms with Gasteiger partial charge in [-0.2, -0.15) is 0 Å². The standard InChI is InChI=1S/C28H22ClNO5/c1-16-3-2-4-18-5-8-19(30-27(16)18)13-24(31)17-6-9-20(10-7-17)35-26-15-25-22(14-23(26)29)21(28(32)33)11-12-34-25/h2-10,14-15,21H,11-13H2,1H3,(H,32,33). The molecule has 0 radical (unpaired) electrons. The summed E-state index contributed by atoms with van der Waals surface area (Å²) in [5.41, 5.74) is 3.79. The van der Waals surface area contributed by atoms with Crippen molar-refractivity contribution in [1.82, 2.24) is 4.98 Å². The molecule has 0 saturated carbocycles. The molecule has 6 nitrogen and oxygen atoms in total. The Morgan fingerprint density at radius 3 is 2.69 bits per heavy atom. The third kappa shape index (κ3) is 4.70. The van der Waals surface area contributed by atoms with Gasteiger partial charge in [-0.3, -0.25) is 14.6 Å². The maximum Gasteiger partial charge on any atom is 0.311 e. The minimum absolute atomic E-state index is 0.0445. The highest BCUT2D eigenvalue weighted by Gasteiger charge is 2.29. The molecule has 0 spiro atoms. The first-order chi connectivity index (χ1) is 16.9. The van der Waals surface area contributed by atoms with Gasteiger partial charge in [-0.25, -0.2) is 0 Å². The third-order valence-electron chi connectivity index (χ3n) is 6.13. The quantitative estimate of drug-likeness (QED) is 0.318. The zero-order chi connectivity index (χ0) is 24.5. The Kier molecular flexibility index (Phi) is 6.14. The number of Topliss-reactive ketones (excluding diaryl/α,β-unsaturated/α-hetero) is 1. The first-order valence-corrected chi connectivity index (χ1v) is 11.6. The largest absolute Gasteiger partial charge is 0.493 e. The van der Waals surface area contributed by atoms with E-state index in [2.05, 4.69) is 4.98 Å². The lowest BCUT2D eigenvalue weighted by Gasteiger charge is -2.24. The number of carbonyl (C=O) groups is 2. The van der Waals surface area contributed by atoms with Crippen LogP contribution < -0.4 is 9.47 Å². The predicted octanol–water partition coefficient (Wildman–Crippen LogP) is 6.37. The van der Waals surface area contributed by atoms with Crippen LogP contribution in [0.5, 0.6) is 17.2 Å². The molecular formula is C28H22ClNO5. The van der Waals surface area contributed by atoms with Gasteiger partial charge in [0, 0.05) is 28.3 Å². The first-order valence-electron chi connectivity index (χ1n) is 11.2. The fraction of sp³-hybridized carbons (Fsp3) is 0.179. The molecule has 4 aromatic rings. The Hall–Kier alpha value is -3.90. The topological polar surface area (TPSA) is 85.7 Å². The molecule has 0 bridgehead atoms. The van der Waals surface area contributed by atoms with Gasteiger partial charge in [0.1, 0.15) is 17.2 Å². The molecule has 176 valence electrons. The Morgan fingerprint density at radius 1 is 1.11 bits per heavy atom. The average molecular weight is 488 g/mol. The number of nitrogens with zero attached hydrogens (tertiary/aromatic N) is 1. The summed E-state index contributed by atoms with van der Waals surface area (Å²) in [6.45, 7) is 2.32. The monoisotopic (exact) mass is 487 g/mol. The van der Waals surface area contributed by atoms with Crippen molar-refractivity contribution in [2.75, 3.05) is 6.61 Å². The molecular weight excluding hydrogens is 466 g/mol. The Morgan fingerprint density at radius 2 is 1.91 bits per heavy atom. The van der Waals surface area contributed by atoms with E-state index in [1.165, 1.54) is 0 Å². The number of para-hydroxylation sites is 1. The summed E-state index contributed by atoms with van der Waals surface area (Å²) in [5.74, 6) is -0.310. The second kappa shape index (κ2) is 9.39. The molecule has 1 atom stereocenters. The maximum absolute atomic E-state index is 12.8. The van der Waals surface area contributed by atoms with Crippen molar-refractivity contribution < 1.29 is 24.2 Å². The van der Waals surface area contributed by atoms with Gasteiger partial charge in [-0.05, 0) is 55.3 Å². The minimum Gasteiger partial charge on any atom is -0.493 e. The number of fused-ring (bicyclic) bond motifs is 2. The van der Waals surface area contributed by atoms with E-state index in [9.17, 15) is 14.7 Å². The molecule has 1 aliphatic heterocycles. The average Bonchev–Trinajstić information content (AvgIpc) is 2.85. The molecule has 1 aromatic heterocycles. The molecule has 1 aliphatic rings. The summed E-state index contributed by atoms with van der Waals surface area (Å²) in [7, 11) is 0. The number of carboxylic acids is 1. The molecule has 0 amide bonds. The normalized spacial score (nSPS) is 14.7. The van der Waals surface area contributed by atoms with E-state index in [1.54, 1.807) is 36.4 Å². The van der Waals surface area contributed by atoms with Crippen molar-refractivity contribution in [3.05, 3.63) is 94.1 Å². The number of rotatable bonds is 6. The zero-order valence-electron chi connectivity index (χ0n) is 19.0. The van der Waals surface area contributed by atoms with Gasteiger partial charge in [0.25, 0.3) is 0 Å². The summed E-state index contributed by atoms with van der Waals surface area (Å²) in [6.07, 6.45) is 0.589. The van der Waals surface area contributed by atoms with Gasteiger partial charge in [0.2, 0.25) is 0 Å². The number of pyridine rings is 1. The summed E-state index contributed by atoms with van der Waals surface area (Å²) >= 11 is 6.37. The van der Waals surface area contributed by atoms with Crippen molar-refractivity contribution in [3.8, 4) is 17.2 Å². The molecule has 35 heavy (non-hydrogen) atoms. The van der Waals surface area contributed by atoms with Crippen LogP contribution in [0.4, 0.5) is 0 Å². The van der Waals surface area contributed by atoms with Crippen LogP contribution in [0.15, 0.2) is 66.7 Å². The Labute approximate surface area is 207 Å². The van der Waals surface area contributed by atoms with Crippen molar-refractivity contribution in [1.29, 1.82) is 0 Å². The van der Waals surface area contributed by atoms with Gasteiger partial charge in [-0.15, -0.1) is 0 Å². The highest BCUT2D eigenvalue weighted by molar-refractivity contribution is 6.32. The van der Waals surface area contributed by atoms with Crippen LogP contribution >= 0.6 is 11.6 Å². The molecule has 7 heteroatoms. The van der Waals surface area contributed by atoms with Crippen molar-refractivity contribution in [2.45, 2.75) is 25.7 Å². The molecule has 1 unspecified atom stereocenters. The van der Waals surface area contributed by atoms with E-state index >= 15 is 0 Å². The maximum atomic E-state index is 12.8. The zero-order valence-corrected chi connectivity index (χ0v) is 19.7. The van der Waals surface area contributed by atoms with E-state index in [1.807, 2.05) is 37.3 Å². The van der Waals surface area contributed by atoms with Crippen LogP contribution in [0.25, 0.3) is 10.9 Å². The van der Waals surface area contributed by atoms with E-state index < -0.39 is 11.9 Å². The van der Waals surface area contributed by atoms with Crippen molar-refractivity contribution >= 4 is 34.3 Å². The van der Waals surface area contributed by atoms with Gasteiger partial charge in [-0.1, -0.05) is 35.9 Å². The van der Waals surface area contributed by atoms with E-state index in [-0.39, 0.29) is 12.2 Å². The predicted molar refractivity (Wildman–Crippen MR) is 133 cm³/mol. The number of hydrogen-bond donors (Lipinski definition) is 1. The van der Waals surface area contributed by atoms with Gasteiger partial charge < -0.3 is 14.6 Å². The van der Waals surface area contributed by atoms with Crippen LogP contribution in [0.2, 0.25) is 5.02 Å². The number of carbonyl (C=O) groups excluding carboxylic acids is 1. The number of benzene rings is 3. The number of aliphatic carboxylic acids is 1. The van der Waals surface area contributed by atoms with Crippen LogP contribution in [0.3, 0.4) is 0 Å². The second-order valence-electron chi connectivity index (χ2n) is 8.52. The number of aryl methyl sites for hydroxylation is 1. The number of halogens is 1. The van der Waals surface area contributed by atoms with Gasteiger partial charge in [0.05, 0.1) is 29.5 Å². The minimum atomic E-state index is -0.909. The number of carboxylic acid groups (broad SMARTS) is 1. The fourth-order valence-corrected chi connectivity index (χ4v) is 4.47. The number of ether oxygens (including phenoxy) is 2. The highest BCUT2D eigenvalue weighted by Crippen LogP contribution is 2.41. The lowest BCUT2D eigenvalue weighted by Crippen LogP contribution is -2.20. The van der Waals surface area contributed by atoms with Crippen LogP contribution in [0, 0.1) is 6.92 Å². The summed E-state index contributed by atoms with van der Waals surface area (Å²) in [5, 5.41) is 10.8. The second-order valence-corrected chi connectivity index (χ2v) is 8.93. The smallest absolute Gasteiger partial charge is 0.311 e. The molecule has 0 aliphatic carbocycles. The number of aromatic nitrogens is 1. The highest BCUT2D eigenvalue weighted by atomic mass is 35.5. The van der Waals surface area contributed by atoms with Crippen LogP contribution in [-0.2, 0) is 11.2 Å². The molecule has 0 saturated heterocycles. The van der Waals surface area contributed by atoms with Crippen LogP contribution in [0.1, 0.15) is 39.5 Å². The van der Waals surface area contributed by atoms with E-state index in [0.29, 0.717) is 46.4 Å². The summed E-state index contributed by atoms with van der Waals surface area (Å²) in [6, 6.07) is 19.9. The van der Waals surface area contributed by atoms with Crippen molar-refractivity contribution in [2.24, 2.45) is 0 Å². The number of hydrogen-bond acceptors (Lipinski definition) is 5. The fourth-order valence-electron chi connectivity index (χ4n) is 4.26. The molecule has 3 aromatic carbocycles. The molecule has 2 heterocycles. The lowest BCUT2D eigenvalue weighted by molar-refractivity contribution is -0.139. The first kappa shape index (κ1) is 22.9. The third-order valence-corrected chi connectivity index (χ3v) is 6.42. The molecule has 0 fully saturated rings. The number of ketones is 1. The van der Waals surface area contributed by atoms with Crippen molar-refractivity contribution in [3.63, 3.8) is 0 Å². The van der Waals surface area contributed by atoms with Gasteiger partial charge in [0.15, 0.2) is 5.78 Å².